The van der Waals surface area contributed by atoms with Crippen LogP contribution < -0.4 is 15.8 Å². The molecule has 1 aromatic heterocycles. The maximum atomic E-state index is 12.1. The zero-order valence-electron chi connectivity index (χ0n) is 11.8. The van der Waals surface area contributed by atoms with E-state index >= 15 is 0 Å². The minimum Gasteiger partial charge on any atom is -0.489 e. The van der Waals surface area contributed by atoms with Crippen molar-refractivity contribution in [2.75, 3.05) is 5.32 Å². The largest absolute Gasteiger partial charge is 0.489 e. The van der Waals surface area contributed by atoms with Gasteiger partial charge in [0.2, 0.25) is 5.91 Å². The van der Waals surface area contributed by atoms with Gasteiger partial charge in [0.15, 0.2) is 0 Å². The Labute approximate surface area is 132 Å². The summed E-state index contributed by atoms with van der Waals surface area (Å²) in [7, 11) is 0. The van der Waals surface area contributed by atoms with Gasteiger partial charge in [0, 0.05) is 10.6 Å². The van der Waals surface area contributed by atoms with Crippen LogP contribution in [0, 0.1) is 0 Å². The Balaban J connectivity index is 2.06. The lowest BCUT2D eigenvalue weighted by Crippen LogP contribution is -2.26. The number of amides is 1. The fraction of sp³-hybridized carbons (Fsp3) is 0.267. The number of ether oxygens (including phenoxy) is 1. The number of thiophene rings is 1. The van der Waals surface area contributed by atoms with E-state index in [1.165, 1.54) is 11.3 Å². The van der Waals surface area contributed by atoms with Gasteiger partial charge in [0.25, 0.3) is 0 Å². The number of nitrogens with two attached hydrogens (primary N) is 1. The Kier molecular flexibility index (Phi) is 5.22. The van der Waals surface area contributed by atoms with Crippen LogP contribution in [-0.2, 0) is 4.79 Å². The van der Waals surface area contributed by atoms with Gasteiger partial charge in [-0.1, -0.05) is 17.7 Å². The summed E-state index contributed by atoms with van der Waals surface area (Å²) in [6, 6.07) is 8.13. The number of benzene rings is 1. The van der Waals surface area contributed by atoms with Crippen molar-refractivity contribution in [1.82, 2.24) is 0 Å². The zero-order valence-corrected chi connectivity index (χ0v) is 13.4. The minimum absolute atomic E-state index is 0.0372. The van der Waals surface area contributed by atoms with Gasteiger partial charge in [-0.2, -0.15) is 0 Å². The normalized spacial score (nSPS) is 12.2. The van der Waals surface area contributed by atoms with Crippen LogP contribution in [0.25, 0.3) is 0 Å². The van der Waals surface area contributed by atoms with Gasteiger partial charge < -0.3 is 15.8 Å². The lowest BCUT2D eigenvalue weighted by molar-refractivity contribution is -0.117. The molecule has 0 saturated heterocycles. The number of carbonyl (C=O) groups excluding carboxylic acids is 1. The number of halogens is 1. The molecule has 1 heterocycles. The quantitative estimate of drug-likeness (QED) is 0.878. The first-order valence-electron chi connectivity index (χ1n) is 6.53. The van der Waals surface area contributed by atoms with Crippen molar-refractivity contribution in [3.05, 3.63) is 45.6 Å². The van der Waals surface area contributed by atoms with Gasteiger partial charge >= 0.3 is 0 Å². The van der Waals surface area contributed by atoms with E-state index in [0.29, 0.717) is 16.5 Å². The summed E-state index contributed by atoms with van der Waals surface area (Å²) in [5.74, 6) is 0.318. The third-order valence-corrected chi connectivity index (χ3v) is 3.95. The van der Waals surface area contributed by atoms with Crippen LogP contribution in [0.5, 0.6) is 5.75 Å². The molecule has 1 unspecified atom stereocenters. The topological polar surface area (TPSA) is 64.3 Å². The van der Waals surface area contributed by atoms with Crippen LogP contribution in [0.4, 0.5) is 5.69 Å². The van der Waals surface area contributed by atoms with Gasteiger partial charge in [0.05, 0.1) is 11.1 Å². The fourth-order valence-corrected chi connectivity index (χ4v) is 2.70. The predicted molar refractivity (Wildman–Crippen MR) is 87.1 cm³/mol. The Morgan fingerprint density at radius 3 is 2.71 bits per heavy atom. The smallest absolute Gasteiger partial charge is 0.246 e. The monoisotopic (exact) mass is 324 g/mol. The lowest BCUT2D eigenvalue weighted by Gasteiger charge is -2.14. The first-order chi connectivity index (χ1) is 9.97. The van der Waals surface area contributed by atoms with Crippen molar-refractivity contribution >= 4 is 34.5 Å². The van der Waals surface area contributed by atoms with Crippen LogP contribution in [0.2, 0.25) is 5.02 Å². The maximum absolute atomic E-state index is 12.1. The number of rotatable bonds is 5. The molecule has 112 valence electrons. The highest BCUT2D eigenvalue weighted by Crippen LogP contribution is 2.29. The van der Waals surface area contributed by atoms with Gasteiger partial charge in [-0.3, -0.25) is 4.79 Å². The van der Waals surface area contributed by atoms with Crippen molar-refractivity contribution in [2.45, 2.75) is 26.0 Å². The summed E-state index contributed by atoms with van der Waals surface area (Å²) in [6.45, 7) is 3.85. The summed E-state index contributed by atoms with van der Waals surface area (Å²) in [6.07, 6.45) is 0.0372. The van der Waals surface area contributed by atoms with E-state index in [2.05, 4.69) is 5.32 Å². The van der Waals surface area contributed by atoms with Crippen LogP contribution >= 0.6 is 22.9 Å². The molecule has 1 atom stereocenters. The molecule has 0 bridgehead atoms. The lowest BCUT2D eigenvalue weighted by atomic mass is 10.2. The molecule has 0 aliphatic heterocycles. The van der Waals surface area contributed by atoms with Crippen LogP contribution in [0.15, 0.2) is 35.7 Å². The van der Waals surface area contributed by atoms with Crippen molar-refractivity contribution in [2.24, 2.45) is 5.73 Å². The number of anilines is 1. The highest BCUT2D eigenvalue weighted by Gasteiger charge is 2.17. The molecule has 0 aliphatic carbocycles. The summed E-state index contributed by atoms with van der Waals surface area (Å²) in [5, 5.41) is 5.09. The first-order valence-corrected chi connectivity index (χ1v) is 7.79. The highest BCUT2D eigenvalue weighted by molar-refractivity contribution is 7.10. The second kappa shape index (κ2) is 6.93. The molecule has 2 aromatic rings. The maximum Gasteiger partial charge on any atom is 0.246 e. The molecule has 0 radical (unpaired) electrons. The van der Waals surface area contributed by atoms with Gasteiger partial charge in [0.1, 0.15) is 11.8 Å². The summed E-state index contributed by atoms with van der Waals surface area (Å²) in [5.41, 5.74) is 6.50. The van der Waals surface area contributed by atoms with Crippen molar-refractivity contribution in [1.29, 1.82) is 0 Å². The molecule has 3 N–H and O–H groups in total. The van der Waals surface area contributed by atoms with Crippen molar-refractivity contribution < 1.29 is 9.53 Å². The van der Waals surface area contributed by atoms with Crippen LogP contribution in [0.3, 0.4) is 0 Å². The Morgan fingerprint density at radius 1 is 1.38 bits per heavy atom. The molecule has 6 heteroatoms. The SMILES string of the molecule is CC(C)Oc1ccc(NC(=O)C(N)c2cccs2)cc1Cl. The zero-order chi connectivity index (χ0) is 15.4. The van der Waals surface area contributed by atoms with Gasteiger partial charge in [-0.25, -0.2) is 0 Å². The molecular weight excluding hydrogens is 308 g/mol. The van der Waals surface area contributed by atoms with E-state index in [9.17, 15) is 4.79 Å². The number of hydrogen-bond acceptors (Lipinski definition) is 4. The fourth-order valence-electron chi connectivity index (χ4n) is 1.75. The van der Waals surface area contributed by atoms with E-state index in [1.54, 1.807) is 18.2 Å². The van der Waals surface area contributed by atoms with Crippen molar-refractivity contribution in [3.63, 3.8) is 0 Å². The molecule has 1 amide bonds. The van der Waals surface area contributed by atoms with Gasteiger partial charge in [-0.15, -0.1) is 11.3 Å². The van der Waals surface area contributed by atoms with E-state index in [-0.39, 0.29) is 12.0 Å². The molecular formula is C15H17ClN2O2S. The highest BCUT2D eigenvalue weighted by atomic mass is 35.5. The second-order valence-corrected chi connectivity index (χ2v) is 6.18. The first kappa shape index (κ1) is 15.8. The summed E-state index contributed by atoms with van der Waals surface area (Å²) < 4.78 is 5.54. The molecule has 0 fully saturated rings. The molecule has 1 aromatic carbocycles. The standard InChI is InChI=1S/C15H17ClN2O2S/c1-9(2)20-12-6-5-10(8-11(12)16)18-15(19)14(17)13-4-3-7-21-13/h3-9,14H,17H2,1-2H3,(H,18,19). The van der Waals surface area contributed by atoms with Gasteiger partial charge in [-0.05, 0) is 43.5 Å². The molecule has 2 rings (SSSR count). The number of nitrogens with one attached hydrogen (secondary N) is 1. The minimum atomic E-state index is -0.685. The molecule has 4 nitrogen and oxygen atoms in total. The van der Waals surface area contributed by atoms with Crippen LogP contribution in [0.1, 0.15) is 24.8 Å². The van der Waals surface area contributed by atoms with E-state index in [4.69, 9.17) is 22.1 Å². The van der Waals surface area contributed by atoms with Crippen molar-refractivity contribution in [3.8, 4) is 5.75 Å². The third kappa shape index (κ3) is 4.20. The molecule has 0 aliphatic rings. The Morgan fingerprint density at radius 2 is 2.14 bits per heavy atom. The third-order valence-electron chi connectivity index (χ3n) is 2.69. The van der Waals surface area contributed by atoms with Crippen LogP contribution in [-0.4, -0.2) is 12.0 Å². The van der Waals surface area contributed by atoms with E-state index in [1.807, 2.05) is 31.4 Å². The molecule has 21 heavy (non-hydrogen) atoms. The average molecular weight is 325 g/mol. The molecule has 0 saturated carbocycles. The summed E-state index contributed by atoms with van der Waals surface area (Å²) in [4.78, 5) is 12.9. The Hall–Kier alpha value is -1.56. The van der Waals surface area contributed by atoms with E-state index in [0.717, 1.165) is 4.88 Å². The predicted octanol–water partition coefficient (Wildman–Crippen LogP) is 3.83. The average Bonchev–Trinajstić information content (AvgIpc) is 2.94. The second-order valence-electron chi connectivity index (χ2n) is 4.79. The van der Waals surface area contributed by atoms with E-state index < -0.39 is 6.04 Å². The molecule has 0 spiro atoms. The number of carbonyl (C=O) groups is 1. The Bertz CT molecular complexity index is 614. The summed E-state index contributed by atoms with van der Waals surface area (Å²) >= 11 is 7.58. The number of hydrogen-bond donors (Lipinski definition) is 2.